The maximum absolute atomic E-state index is 12.4. The van der Waals surface area contributed by atoms with Crippen molar-refractivity contribution in [3.63, 3.8) is 0 Å². The second-order valence-corrected chi connectivity index (χ2v) is 7.79. The van der Waals surface area contributed by atoms with Crippen molar-refractivity contribution in [2.75, 3.05) is 26.8 Å². The van der Waals surface area contributed by atoms with Crippen molar-refractivity contribution in [2.45, 2.75) is 18.7 Å². The van der Waals surface area contributed by atoms with Crippen LogP contribution < -0.4 is 0 Å². The van der Waals surface area contributed by atoms with E-state index in [1.807, 2.05) is 6.92 Å². The molecule has 0 fully saturated rings. The van der Waals surface area contributed by atoms with E-state index in [1.165, 1.54) is 6.07 Å². The van der Waals surface area contributed by atoms with Gasteiger partial charge in [-0.3, -0.25) is 4.79 Å². The number of halogens is 2. The fourth-order valence-electron chi connectivity index (χ4n) is 1.82. The van der Waals surface area contributed by atoms with E-state index in [0.29, 0.717) is 29.7 Å². The standard InChI is InChI=1S/C13H17BrClNO4S/c1-4-16(5-6-20-3)13(17)10-7-11(14)9(2)12(8-10)21(15,18)19/h7-8H,4-6H2,1-3H3. The molecule has 0 atom stereocenters. The molecule has 0 bridgehead atoms. The van der Waals surface area contributed by atoms with Gasteiger partial charge in [-0.2, -0.15) is 0 Å². The van der Waals surface area contributed by atoms with Crippen molar-refractivity contribution in [3.05, 3.63) is 27.7 Å². The predicted octanol–water partition coefficient (Wildman–Crippen LogP) is 2.79. The van der Waals surface area contributed by atoms with Crippen molar-refractivity contribution in [1.29, 1.82) is 0 Å². The van der Waals surface area contributed by atoms with Gasteiger partial charge in [0.15, 0.2) is 0 Å². The summed E-state index contributed by atoms with van der Waals surface area (Å²) in [6.07, 6.45) is 0. The zero-order chi connectivity index (χ0) is 16.2. The van der Waals surface area contributed by atoms with Crippen molar-refractivity contribution in [3.8, 4) is 0 Å². The summed E-state index contributed by atoms with van der Waals surface area (Å²) in [5.74, 6) is -0.267. The molecule has 21 heavy (non-hydrogen) atoms. The maximum Gasteiger partial charge on any atom is 0.261 e. The van der Waals surface area contributed by atoms with Crippen molar-refractivity contribution >= 4 is 41.6 Å². The average Bonchev–Trinajstić information content (AvgIpc) is 2.40. The van der Waals surface area contributed by atoms with Gasteiger partial charge in [0, 0.05) is 40.9 Å². The summed E-state index contributed by atoms with van der Waals surface area (Å²) < 4.78 is 28.7. The van der Waals surface area contributed by atoms with Crippen LogP contribution in [-0.2, 0) is 13.8 Å². The normalized spacial score (nSPS) is 11.5. The first-order valence-electron chi connectivity index (χ1n) is 6.25. The van der Waals surface area contributed by atoms with Crippen LogP contribution >= 0.6 is 26.6 Å². The predicted molar refractivity (Wildman–Crippen MR) is 85.4 cm³/mol. The Morgan fingerprint density at radius 3 is 2.52 bits per heavy atom. The van der Waals surface area contributed by atoms with E-state index in [2.05, 4.69) is 15.9 Å². The minimum atomic E-state index is -3.91. The lowest BCUT2D eigenvalue weighted by Gasteiger charge is -2.21. The summed E-state index contributed by atoms with van der Waals surface area (Å²) in [5, 5.41) is 0. The Kier molecular flexibility index (Phi) is 6.65. The molecule has 8 heteroatoms. The number of likely N-dealkylation sites (N-methyl/N-ethyl adjacent to an activating group) is 1. The van der Waals surface area contributed by atoms with Gasteiger partial charge in [-0.05, 0) is 31.5 Å². The SMILES string of the molecule is CCN(CCOC)C(=O)c1cc(Br)c(C)c(S(=O)(=O)Cl)c1. The largest absolute Gasteiger partial charge is 0.383 e. The topological polar surface area (TPSA) is 63.7 Å². The van der Waals surface area contributed by atoms with Crippen LogP contribution in [0.4, 0.5) is 0 Å². The average molecular weight is 399 g/mol. The van der Waals surface area contributed by atoms with Crippen LogP contribution in [-0.4, -0.2) is 46.0 Å². The number of hydrogen-bond donors (Lipinski definition) is 0. The molecule has 118 valence electrons. The van der Waals surface area contributed by atoms with E-state index in [1.54, 1.807) is 25.0 Å². The van der Waals surface area contributed by atoms with Gasteiger partial charge in [-0.25, -0.2) is 8.42 Å². The van der Waals surface area contributed by atoms with E-state index >= 15 is 0 Å². The highest BCUT2D eigenvalue weighted by atomic mass is 79.9. The van der Waals surface area contributed by atoms with E-state index < -0.39 is 9.05 Å². The molecule has 1 amide bonds. The summed E-state index contributed by atoms with van der Waals surface area (Å²) >= 11 is 3.26. The molecule has 5 nitrogen and oxygen atoms in total. The fourth-order valence-corrected chi connectivity index (χ4v) is 3.63. The molecule has 0 N–H and O–H groups in total. The quantitative estimate of drug-likeness (QED) is 0.691. The molecule has 1 aromatic rings. The number of rotatable bonds is 6. The highest BCUT2D eigenvalue weighted by molar-refractivity contribution is 9.10. The highest BCUT2D eigenvalue weighted by Gasteiger charge is 2.21. The lowest BCUT2D eigenvalue weighted by molar-refractivity contribution is 0.0706. The Morgan fingerprint density at radius 1 is 1.43 bits per heavy atom. The summed E-state index contributed by atoms with van der Waals surface area (Å²) in [6, 6.07) is 2.90. The molecule has 0 heterocycles. The van der Waals surface area contributed by atoms with E-state index in [-0.39, 0.29) is 16.4 Å². The van der Waals surface area contributed by atoms with Crippen LogP contribution in [0.25, 0.3) is 0 Å². The summed E-state index contributed by atoms with van der Waals surface area (Å²) in [6.45, 7) is 4.80. The van der Waals surface area contributed by atoms with E-state index in [0.717, 1.165) is 0 Å². The van der Waals surface area contributed by atoms with Gasteiger partial charge < -0.3 is 9.64 Å². The fraction of sp³-hybridized carbons (Fsp3) is 0.462. The number of ether oxygens (including phenoxy) is 1. The Labute approximate surface area is 137 Å². The van der Waals surface area contributed by atoms with Gasteiger partial charge in [-0.15, -0.1) is 0 Å². The van der Waals surface area contributed by atoms with Crippen LogP contribution in [0, 0.1) is 6.92 Å². The molecular weight excluding hydrogens is 382 g/mol. The van der Waals surface area contributed by atoms with Crippen molar-refractivity contribution in [2.24, 2.45) is 0 Å². The number of benzene rings is 1. The smallest absolute Gasteiger partial charge is 0.261 e. The van der Waals surface area contributed by atoms with Gasteiger partial charge in [0.2, 0.25) is 0 Å². The molecule has 0 unspecified atom stereocenters. The van der Waals surface area contributed by atoms with Gasteiger partial charge in [-0.1, -0.05) is 15.9 Å². The number of nitrogens with zero attached hydrogens (tertiary/aromatic N) is 1. The number of carbonyl (C=O) groups excluding carboxylic acids is 1. The van der Waals surface area contributed by atoms with E-state index in [9.17, 15) is 13.2 Å². The number of carbonyl (C=O) groups is 1. The van der Waals surface area contributed by atoms with Gasteiger partial charge in [0.25, 0.3) is 15.0 Å². The van der Waals surface area contributed by atoms with Gasteiger partial charge in [0.1, 0.15) is 0 Å². The molecule has 0 saturated carbocycles. The second kappa shape index (κ2) is 7.58. The Hall–Kier alpha value is -0.630. The first-order chi connectivity index (χ1) is 9.72. The number of amides is 1. The molecular formula is C13H17BrClNO4S. The van der Waals surface area contributed by atoms with Gasteiger partial charge >= 0.3 is 0 Å². The molecule has 0 aromatic heterocycles. The minimum Gasteiger partial charge on any atom is -0.383 e. The Balaban J connectivity index is 3.25. The molecule has 1 aromatic carbocycles. The maximum atomic E-state index is 12.4. The third-order valence-electron chi connectivity index (χ3n) is 3.04. The molecule has 0 aliphatic carbocycles. The molecule has 0 saturated heterocycles. The first kappa shape index (κ1) is 18.4. The van der Waals surface area contributed by atoms with Crippen LogP contribution in [0.5, 0.6) is 0 Å². The number of methoxy groups -OCH3 is 1. The first-order valence-corrected chi connectivity index (χ1v) is 9.35. The van der Waals surface area contributed by atoms with Crippen LogP contribution in [0.1, 0.15) is 22.8 Å². The van der Waals surface area contributed by atoms with Crippen molar-refractivity contribution in [1.82, 2.24) is 4.90 Å². The second-order valence-electron chi connectivity index (χ2n) is 4.40. The Bertz CT molecular complexity index is 633. The molecule has 0 aliphatic heterocycles. The summed E-state index contributed by atoms with van der Waals surface area (Å²) in [4.78, 5) is 13.9. The van der Waals surface area contributed by atoms with Gasteiger partial charge in [0.05, 0.1) is 11.5 Å². The van der Waals surface area contributed by atoms with Crippen LogP contribution in [0.3, 0.4) is 0 Å². The number of hydrogen-bond acceptors (Lipinski definition) is 4. The monoisotopic (exact) mass is 397 g/mol. The lowest BCUT2D eigenvalue weighted by atomic mass is 10.1. The molecule has 0 aliphatic rings. The van der Waals surface area contributed by atoms with Crippen LogP contribution in [0.2, 0.25) is 0 Å². The van der Waals surface area contributed by atoms with E-state index in [4.69, 9.17) is 15.4 Å². The van der Waals surface area contributed by atoms with Crippen molar-refractivity contribution < 1.29 is 17.9 Å². The lowest BCUT2D eigenvalue weighted by Crippen LogP contribution is -2.33. The molecule has 0 radical (unpaired) electrons. The third kappa shape index (κ3) is 4.67. The zero-order valence-electron chi connectivity index (χ0n) is 12.0. The Morgan fingerprint density at radius 2 is 2.05 bits per heavy atom. The highest BCUT2D eigenvalue weighted by Crippen LogP contribution is 2.28. The minimum absolute atomic E-state index is 0.0651. The van der Waals surface area contributed by atoms with Crippen LogP contribution in [0.15, 0.2) is 21.5 Å². The summed E-state index contributed by atoms with van der Waals surface area (Å²) in [7, 11) is 3.06. The third-order valence-corrected chi connectivity index (χ3v) is 5.31. The molecule has 0 spiro atoms. The summed E-state index contributed by atoms with van der Waals surface area (Å²) in [5.41, 5.74) is 0.742. The molecule has 1 rings (SSSR count). The zero-order valence-corrected chi connectivity index (χ0v) is 15.2.